The third kappa shape index (κ3) is 2.46. The molecule has 0 spiro atoms. The number of carbonyl (C=O) groups excluding carboxylic acids is 1. The second kappa shape index (κ2) is 5.22. The molecule has 1 aromatic carbocycles. The van der Waals surface area contributed by atoms with Crippen molar-refractivity contribution in [1.82, 2.24) is 9.55 Å². The van der Waals surface area contributed by atoms with Gasteiger partial charge in [-0.3, -0.25) is 4.57 Å². The van der Waals surface area contributed by atoms with Crippen LogP contribution in [0.4, 0.5) is 5.82 Å². The molecule has 2 aromatic rings. The topological polar surface area (TPSA) is 70.1 Å². The number of nitrogens with zero attached hydrogens (tertiary/aromatic N) is 2. The van der Waals surface area contributed by atoms with E-state index in [0.29, 0.717) is 10.7 Å². The highest BCUT2D eigenvalue weighted by Crippen LogP contribution is 2.30. The molecule has 100 valence electrons. The van der Waals surface area contributed by atoms with Crippen molar-refractivity contribution < 1.29 is 9.53 Å². The fourth-order valence-corrected chi connectivity index (χ4v) is 2.43. The molecular formula is C12H11BrClN3O2. The van der Waals surface area contributed by atoms with E-state index in [2.05, 4.69) is 25.7 Å². The zero-order valence-corrected chi connectivity index (χ0v) is 12.6. The van der Waals surface area contributed by atoms with E-state index in [1.54, 1.807) is 10.6 Å². The van der Waals surface area contributed by atoms with E-state index in [1.165, 1.54) is 13.4 Å². The van der Waals surface area contributed by atoms with E-state index in [1.807, 2.05) is 13.0 Å². The van der Waals surface area contributed by atoms with E-state index in [9.17, 15) is 4.79 Å². The van der Waals surface area contributed by atoms with Crippen LogP contribution >= 0.6 is 27.5 Å². The van der Waals surface area contributed by atoms with Crippen LogP contribution in [-0.2, 0) is 4.74 Å². The number of methoxy groups -OCH3 is 1. The lowest BCUT2D eigenvalue weighted by molar-refractivity contribution is 0.0596. The van der Waals surface area contributed by atoms with Crippen molar-refractivity contribution in [1.29, 1.82) is 0 Å². The van der Waals surface area contributed by atoms with Crippen molar-refractivity contribution in [2.45, 2.75) is 6.92 Å². The number of esters is 1. The largest absolute Gasteiger partial charge is 0.464 e. The molecule has 0 radical (unpaired) electrons. The fourth-order valence-electron chi connectivity index (χ4n) is 1.62. The van der Waals surface area contributed by atoms with Crippen molar-refractivity contribution >= 4 is 39.3 Å². The number of benzene rings is 1. The van der Waals surface area contributed by atoms with Crippen LogP contribution in [0.15, 0.2) is 22.9 Å². The Morgan fingerprint density at radius 3 is 2.84 bits per heavy atom. The number of carbonyl (C=O) groups is 1. The average molecular weight is 345 g/mol. The third-order valence-electron chi connectivity index (χ3n) is 2.67. The second-order valence-corrected chi connectivity index (χ2v) is 5.15. The zero-order chi connectivity index (χ0) is 14.2. The Balaban J connectivity index is 2.57. The Hall–Kier alpha value is -1.53. The van der Waals surface area contributed by atoms with Gasteiger partial charge in [0.15, 0.2) is 5.69 Å². The minimum absolute atomic E-state index is 0.0751. The third-order valence-corrected chi connectivity index (χ3v) is 3.71. The van der Waals surface area contributed by atoms with Gasteiger partial charge in [-0.25, -0.2) is 9.78 Å². The first-order valence-corrected chi connectivity index (χ1v) is 6.50. The Morgan fingerprint density at radius 1 is 1.53 bits per heavy atom. The molecule has 0 aliphatic heterocycles. The van der Waals surface area contributed by atoms with E-state index in [0.717, 1.165) is 10.0 Å². The van der Waals surface area contributed by atoms with Gasteiger partial charge in [0.25, 0.3) is 0 Å². The van der Waals surface area contributed by atoms with Gasteiger partial charge in [-0.1, -0.05) is 11.6 Å². The molecule has 0 aliphatic carbocycles. The highest BCUT2D eigenvalue weighted by Gasteiger charge is 2.18. The molecule has 0 bridgehead atoms. The predicted molar refractivity (Wildman–Crippen MR) is 76.8 cm³/mol. The van der Waals surface area contributed by atoms with Gasteiger partial charge in [-0.15, -0.1) is 0 Å². The summed E-state index contributed by atoms with van der Waals surface area (Å²) in [6, 6.07) is 3.62. The summed E-state index contributed by atoms with van der Waals surface area (Å²) in [7, 11) is 1.28. The second-order valence-electron chi connectivity index (χ2n) is 3.89. The lowest BCUT2D eigenvalue weighted by Gasteiger charge is -2.10. The molecule has 19 heavy (non-hydrogen) atoms. The molecule has 2 rings (SSSR count). The maximum absolute atomic E-state index is 11.5. The summed E-state index contributed by atoms with van der Waals surface area (Å²) in [4.78, 5) is 15.4. The number of ether oxygens (including phenoxy) is 1. The molecule has 0 saturated heterocycles. The van der Waals surface area contributed by atoms with Crippen molar-refractivity contribution in [3.05, 3.63) is 39.2 Å². The molecule has 1 heterocycles. The maximum Gasteiger partial charge on any atom is 0.360 e. The highest BCUT2D eigenvalue weighted by atomic mass is 79.9. The normalized spacial score (nSPS) is 10.5. The number of anilines is 1. The molecule has 5 nitrogen and oxygen atoms in total. The summed E-state index contributed by atoms with van der Waals surface area (Å²) in [5.41, 5.74) is 7.62. The van der Waals surface area contributed by atoms with Crippen LogP contribution in [0.1, 0.15) is 16.1 Å². The summed E-state index contributed by atoms with van der Waals surface area (Å²) in [5, 5.41) is 0.603. The Kier molecular flexibility index (Phi) is 3.82. The van der Waals surface area contributed by atoms with Crippen molar-refractivity contribution in [3.8, 4) is 5.69 Å². The lowest BCUT2D eigenvalue weighted by atomic mass is 10.2. The minimum atomic E-state index is -0.578. The van der Waals surface area contributed by atoms with Gasteiger partial charge in [0.2, 0.25) is 0 Å². The number of aryl methyl sites for hydroxylation is 1. The Labute approximate surface area is 123 Å². The van der Waals surface area contributed by atoms with E-state index in [-0.39, 0.29) is 11.5 Å². The smallest absolute Gasteiger partial charge is 0.360 e. The van der Waals surface area contributed by atoms with Crippen LogP contribution in [0.2, 0.25) is 5.02 Å². The van der Waals surface area contributed by atoms with Crippen LogP contribution < -0.4 is 5.73 Å². The van der Waals surface area contributed by atoms with E-state index >= 15 is 0 Å². The standard InChI is InChI=1S/C12H11BrClN3O2/c1-6-3-7(13)9(4-8(6)14)17-5-16-10(11(17)15)12(18)19-2/h3-5H,15H2,1-2H3. The first-order chi connectivity index (χ1) is 8.95. The number of aromatic nitrogens is 2. The molecule has 0 aliphatic rings. The minimum Gasteiger partial charge on any atom is -0.464 e. The molecule has 2 N–H and O–H groups in total. The lowest BCUT2D eigenvalue weighted by Crippen LogP contribution is -2.07. The first-order valence-electron chi connectivity index (χ1n) is 5.33. The quantitative estimate of drug-likeness (QED) is 0.850. The summed E-state index contributed by atoms with van der Waals surface area (Å²) < 4.78 is 6.98. The van der Waals surface area contributed by atoms with E-state index < -0.39 is 5.97 Å². The van der Waals surface area contributed by atoms with Crippen molar-refractivity contribution in [3.63, 3.8) is 0 Å². The molecule has 0 amide bonds. The number of hydrogen-bond donors (Lipinski definition) is 1. The van der Waals surface area contributed by atoms with Crippen LogP contribution in [0, 0.1) is 6.92 Å². The molecular weight excluding hydrogens is 334 g/mol. The van der Waals surface area contributed by atoms with Crippen LogP contribution in [0.25, 0.3) is 5.69 Å². The monoisotopic (exact) mass is 343 g/mol. The summed E-state index contributed by atoms with van der Waals surface area (Å²) in [6.07, 6.45) is 1.45. The van der Waals surface area contributed by atoms with Crippen molar-refractivity contribution in [2.24, 2.45) is 0 Å². The molecule has 7 heteroatoms. The molecule has 0 fully saturated rings. The number of hydrogen-bond acceptors (Lipinski definition) is 4. The molecule has 0 unspecified atom stereocenters. The van der Waals surface area contributed by atoms with Gasteiger partial charge in [0.05, 0.1) is 12.8 Å². The first kappa shape index (κ1) is 13.9. The summed E-state index contributed by atoms with van der Waals surface area (Å²) >= 11 is 9.53. The Bertz CT molecular complexity index is 655. The van der Waals surface area contributed by atoms with Crippen LogP contribution in [-0.4, -0.2) is 22.6 Å². The Morgan fingerprint density at radius 2 is 2.21 bits per heavy atom. The number of nitrogens with two attached hydrogens (primary N) is 1. The summed E-state index contributed by atoms with van der Waals surface area (Å²) in [5.74, 6) is -0.377. The van der Waals surface area contributed by atoms with Crippen molar-refractivity contribution in [2.75, 3.05) is 12.8 Å². The van der Waals surface area contributed by atoms with E-state index in [4.69, 9.17) is 17.3 Å². The van der Waals surface area contributed by atoms with Gasteiger partial charge in [-0.05, 0) is 40.5 Å². The fraction of sp³-hybridized carbons (Fsp3) is 0.167. The van der Waals surface area contributed by atoms with Gasteiger partial charge in [0.1, 0.15) is 12.1 Å². The number of nitrogen functional groups attached to an aromatic ring is 1. The maximum atomic E-state index is 11.5. The molecule has 0 saturated carbocycles. The SMILES string of the molecule is COC(=O)c1ncn(-c2cc(Cl)c(C)cc2Br)c1N. The number of halogens is 2. The highest BCUT2D eigenvalue weighted by molar-refractivity contribution is 9.10. The molecule has 1 aromatic heterocycles. The average Bonchev–Trinajstić information content (AvgIpc) is 2.75. The van der Waals surface area contributed by atoms with Crippen LogP contribution in [0.5, 0.6) is 0 Å². The zero-order valence-electron chi connectivity index (χ0n) is 10.3. The predicted octanol–water partition coefficient (Wildman–Crippen LogP) is 2.97. The number of imidazole rings is 1. The van der Waals surface area contributed by atoms with Crippen LogP contribution in [0.3, 0.4) is 0 Å². The van der Waals surface area contributed by atoms with Gasteiger partial charge >= 0.3 is 5.97 Å². The summed E-state index contributed by atoms with van der Waals surface area (Å²) in [6.45, 7) is 1.90. The van der Waals surface area contributed by atoms with Gasteiger partial charge in [-0.2, -0.15) is 0 Å². The van der Waals surface area contributed by atoms with Gasteiger partial charge in [0, 0.05) is 9.50 Å². The van der Waals surface area contributed by atoms with Gasteiger partial charge < -0.3 is 10.5 Å². The number of rotatable bonds is 2. The molecule has 0 atom stereocenters.